The Morgan fingerprint density at radius 3 is 2.45 bits per heavy atom. The molecular weight excluding hydrogens is 389 g/mol. The molecule has 3 rings (SSSR count). The molecule has 0 aliphatic heterocycles. The molecule has 9 heteroatoms. The maximum atomic E-state index is 12.9. The summed E-state index contributed by atoms with van der Waals surface area (Å²) in [5.41, 5.74) is -0.583. The van der Waals surface area contributed by atoms with Gasteiger partial charge in [0.2, 0.25) is 5.88 Å². The summed E-state index contributed by atoms with van der Waals surface area (Å²) in [6.45, 7) is 0. The Bertz CT molecular complexity index is 851. The normalized spacial score (nSPS) is 18.9. The molecule has 1 aliphatic rings. The average Bonchev–Trinajstić information content (AvgIpc) is 3.13. The summed E-state index contributed by atoms with van der Waals surface area (Å²) in [5, 5.41) is 2.89. The second-order valence-corrected chi connectivity index (χ2v) is 6.59. The van der Waals surface area contributed by atoms with E-state index in [0.717, 1.165) is 24.8 Å². The molecule has 29 heavy (non-hydrogen) atoms. The second-order valence-electron chi connectivity index (χ2n) is 6.59. The first-order chi connectivity index (χ1) is 13.8. The van der Waals surface area contributed by atoms with Crippen LogP contribution in [0.25, 0.3) is 0 Å². The number of halogens is 3. The number of carbonyl (C=O) groups is 1. The van der Waals surface area contributed by atoms with E-state index in [1.54, 1.807) is 18.2 Å². The molecule has 1 saturated carbocycles. The quantitative estimate of drug-likeness (QED) is 0.784. The minimum absolute atomic E-state index is 0.124. The lowest BCUT2D eigenvalue weighted by Gasteiger charge is -2.23. The van der Waals surface area contributed by atoms with E-state index < -0.39 is 23.8 Å². The number of carbonyl (C=O) groups excluding carboxylic acids is 1. The van der Waals surface area contributed by atoms with E-state index in [2.05, 4.69) is 10.3 Å². The minimum atomic E-state index is -4.48. The summed E-state index contributed by atoms with van der Waals surface area (Å²) in [5.74, 6) is 0.186. The highest BCUT2D eigenvalue weighted by molar-refractivity contribution is 6.00. The Kier molecular flexibility index (Phi) is 6.14. The first-order valence-corrected chi connectivity index (χ1v) is 9.05. The molecule has 1 aliphatic carbocycles. The molecule has 0 saturated heterocycles. The predicted octanol–water partition coefficient (Wildman–Crippen LogP) is 3.85. The summed E-state index contributed by atoms with van der Waals surface area (Å²) in [4.78, 5) is 16.7. The van der Waals surface area contributed by atoms with E-state index >= 15 is 0 Å². The van der Waals surface area contributed by atoms with Gasteiger partial charge in [-0.05, 0) is 37.5 Å². The van der Waals surface area contributed by atoms with E-state index in [1.807, 2.05) is 0 Å². The lowest BCUT2D eigenvalue weighted by molar-refractivity contribution is -0.137. The van der Waals surface area contributed by atoms with Crippen molar-refractivity contribution in [3.63, 3.8) is 0 Å². The highest BCUT2D eigenvalue weighted by Crippen LogP contribution is 2.32. The zero-order chi connectivity index (χ0) is 21.0. The lowest BCUT2D eigenvalue weighted by atomic mass is 10.1. The third-order valence-electron chi connectivity index (χ3n) is 4.76. The number of benzene rings is 1. The number of hydrogen-bond acceptors (Lipinski definition) is 5. The van der Waals surface area contributed by atoms with Gasteiger partial charge in [-0.25, -0.2) is 4.98 Å². The fourth-order valence-corrected chi connectivity index (χ4v) is 3.35. The number of pyridine rings is 1. The van der Waals surface area contributed by atoms with Gasteiger partial charge in [0.15, 0.2) is 0 Å². The first-order valence-electron chi connectivity index (χ1n) is 9.05. The van der Waals surface area contributed by atoms with Crippen molar-refractivity contribution in [2.45, 2.75) is 37.6 Å². The molecule has 0 bridgehead atoms. The van der Waals surface area contributed by atoms with Gasteiger partial charge >= 0.3 is 6.18 Å². The van der Waals surface area contributed by atoms with Gasteiger partial charge in [0.25, 0.3) is 5.91 Å². The van der Waals surface area contributed by atoms with Gasteiger partial charge in [0, 0.05) is 12.3 Å². The van der Waals surface area contributed by atoms with Crippen LogP contribution < -0.4 is 19.5 Å². The lowest BCUT2D eigenvalue weighted by Crippen LogP contribution is -2.42. The maximum Gasteiger partial charge on any atom is 0.416 e. The highest BCUT2D eigenvalue weighted by Gasteiger charge is 2.34. The highest BCUT2D eigenvalue weighted by atomic mass is 19.4. The van der Waals surface area contributed by atoms with Gasteiger partial charge in [0.1, 0.15) is 23.2 Å². The van der Waals surface area contributed by atoms with Gasteiger partial charge in [-0.3, -0.25) is 4.79 Å². The first kappa shape index (κ1) is 20.8. The number of rotatable bonds is 6. The van der Waals surface area contributed by atoms with Crippen LogP contribution in [-0.4, -0.2) is 37.3 Å². The Morgan fingerprint density at radius 2 is 1.83 bits per heavy atom. The summed E-state index contributed by atoms with van der Waals surface area (Å²) in [7, 11) is 2.90. The standard InChI is InChI=1S/C20H21F3N2O4/c1-27-15-7-4-8-16(28-2)18(15)19(26)25-13-5-3-6-14(13)29-17-11-12(9-10-24-17)20(21,22)23/h4,7-11,13-14H,3,5-6H2,1-2H3,(H,25,26)/t13-,14+/m1/s1. The molecule has 6 nitrogen and oxygen atoms in total. The van der Waals surface area contributed by atoms with Crippen LogP contribution in [0.2, 0.25) is 0 Å². The monoisotopic (exact) mass is 410 g/mol. The third kappa shape index (κ3) is 4.72. The Hall–Kier alpha value is -2.97. The molecule has 2 atom stereocenters. The summed E-state index contributed by atoms with van der Waals surface area (Å²) >= 11 is 0. The van der Waals surface area contributed by atoms with E-state index in [9.17, 15) is 18.0 Å². The number of aromatic nitrogens is 1. The van der Waals surface area contributed by atoms with Crippen LogP contribution in [0.5, 0.6) is 17.4 Å². The smallest absolute Gasteiger partial charge is 0.416 e. The van der Waals surface area contributed by atoms with Crippen LogP contribution in [0.15, 0.2) is 36.5 Å². The van der Waals surface area contributed by atoms with E-state index in [4.69, 9.17) is 14.2 Å². The van der Waals surface area contributed by atoms with Crippen molar-refractivity contribution in [2.75, 3.05) is 14.2 Å². The molecule has 1 N–H and O–H groups in total. The number of nitrogens with one attached hydrogen (secondary N) is 1. The van der Waals surface area contributed by atoms with Crippen molar-refractivity contribution in [1.29, 1.82) is 0 Å². The topological polar surface area (TPSA) is 69.7 Å². The van der Waals surface area contributed by atoms with Crippen LogP contribution in [-0.2, 0) is 6.18 Å². The molecule has 156 valence electrons. The van der Waals surface area contributed by atoms with Gasteiger partial charge in [-0.15, -0.1) is 0 Å². The fraction of sp³-hybridized carbons (Fsp3) is 0.400. The van der Waals surface area contributed by atoms with Gasteiger partial charge in [-0.1, -0.05) is 6.07 Å². The van der Waals surface area contributed by atoms with E-state index in [0.29, 0.717) is 24.3 Å². The SMILES string of the molecule is COc1cccc(OC)c1C(=O)N[C@@H]1CCC[C@@H]1Oc1cc(C(F)(F)F)ccn1. The number of amides is 1. The minimum Gasteiger partial charge on any atom is -0.496 e. The van der Waals surface area contributed by atoms with Gasteiger partial charge < -0.3 is 19.5 Å². The second kappa shape index (κ2) is 8.59. The molecule has 0 radical (unpaired) electrons. The number of nitrogens with zero attached hydrogens (tertiary/aromatic N) is 1. The van der Waals surface area contributed by atoms with E-state index in [1.165, 1.54) is 14.2 Å². The van der Waals surface area contributed by atoms with Crippen molar-refractivity contribution in [2.24, 2.45) is 0 Å². The average molecular weight is 410 g/mol. The Morgan fingerprint density at radius 1 is 1.14 bits per heavy atom. The molecule has 1 fully saturated rings. The zero-order valence-corrected chi connectivity index (χ0v) is 16.0. The van der Waals surface area contributed by atoms with Crippen LogP contribution in [0, 0.1) is 0 Å². The molecule has 1 amide bonds. The van der Waals surface area contributed by atoms with E-state index in [-0.39, 0.29) is 17.5 Å². The van der Waals surface area contributed by atoms with Crippen molar-refractivity contribution in [3.05, 3.63) is 47.7 Å². The Labute approximate surface area is 166 Å². The van der Waals surface area contributed by atoms with Crippen molar-refractivity contribution in [3.8, 4) is 17.4 Å². The number of methoxy groups -OCH3 is 2. The summed E-state index contributed by atoms with van der Waals surface area (Å²) in [6.07, 6.45) is -1.93. The molecule has 1 aromatic carbocycles. The molecule has 2 aromatic rings. The van der Waals surface area contributed by atoms with Crippen molar-refractivity contribution < 1.29 is 32.2 Å². The van der Waals surface area contributed by atoms with Gasteiger partial charge in [-0.2, -0.15) is 13.2 Å². The van der Waals surface area contributed by atoms with Crippen LogP contribution in [0.3, 0.4) is 0 Å². The summed E-state index contributed by atoms with van der Waals surface area (Å²) in [6, 6.07) is 6.36. The molecule has 1 heterocycles. The zero-order valence-electron chi connectivity index (χ0n) is 16.0. The van der Waals surface area contributed by atoms with Crippen molar-refractivity contribution in [1.82, 2.24) is 10.3 Å². The molecule has 1 aromatic heterocycles. The third-order valence-corrected chi connectivity index (χ3v) is 4.76. The van der Waals surface area contributed by atoms with Crippen molar-refractivity contribution >= 4 is 5.91 Å². The summed E-state index contributed by atoms with van der Waals surface area (Å²) < 4.78 is 54.9. The molecule has 0 spiro atoms. The number of hydrogen-bond donors (Lipinski definition) is 1. The van der Waals surface area contributed by atoms with Crippen LogP contribution in [0.1, 0.15) is 35.2 Å². The molecule has 0 unspecified atom stereocenters. The Balaban J connectivity index is 1.75. The maximum absolute atomic E-state index is 12.9. The number of alkyl halides is 3. The number of ether oxygens (including phenoxy) is 3. The van der Waals surface area contributed by atoms with Crippen LogP contribution >= 0.6 is 0 Å². The van der Waals surface area contributed by atoms with Gasteiger partial charge in [0.05, 0.1) is 25.8 Å². The van der Waals surface area contributed by atoms with Crippen LogP contribution in [0.4, 0.5) is 13.2 Å². The fourth-order valence-electron chi connectivity index (χ4n) is 3.35. The predicted molar refractivity (Wildman–Crippen MR) is 98.3 cm³/mol. The largest absolute Gasteiger partial charge is 0.496 e. The molecular formula is C20H21F3N2O4.